The van der Waals surface area contributed by atoms with Crippen molar-refractivity contribution in [3.8, 4) is 5.75 Å². The first-order valence-corrected chi connectivity index (χ1v) is 11.2. The fourth-order valence-electron chi connectivity index (χ4n) is 4.06. The van der Waals surface area contributed by atoms with Crippen molar-refractivity contribution in [3.63, 3.8) is 0 Å². The van der Waals surface area contributed by atoms with Gasteiger partial charge in [0.2, 0.25) is 5.96 Å². The largest absolute Gasteiger partial charge is 0.494 e. The number of guanidine groups is 1. The van der Waals surface area contributed by atoms with Crippen LogP contribution < -0.4 is 10.1 Å². The first-order chi connectivity index (χ1) is 15.6. The second-order valence-electron chi connectivity index (χ2n) is 8.11. The number of benzene rings is 2. The Labute approximate surface area is 188 Å². The van der Waals surface area contributed by atoms with Crippen LogP contribution in [0.1, 0.15) is 56.2 Å². The van der Waals surface area contributed by atoms with Crippen molar-refractivity contribution in [1.29, 1.82) is 0 Å². The number of ether oxygens (including phenoxy) is 2. The molecule has 32 heavy (non-hydrogen) atoms. The lowest BCUT2D eigenvalue weighted by molar-refractivity contribution is -0.141. The van der Waals surface area contributed by atoms with Crippen LogP contribution in [-0.4, -0.2) is 35.9 Å². The molecule has 168 valence electrons. The van der Waals surface area contributed by atoms with Gasteiger partial charge in [-0.2, -0.15) is 0 Å². The van der Waals surface area contributed by atoms with Crippen molar-refractivity contribution >= 4 is 23.5 Å². The highest BCUT2D eigenvalue weighted by molar-refractivity contribution is 6.08. The highest BCUT2D eigenvalue weighted by Crippen LogP contribution is 2.36. The fraction of sp³-hybridized carbons (Fsp3) is 0.400. The summed E-state index contributed by atoms with van der Waals surface area (Å²) in [5, 5.41) is 2.91. The molecule has 2 aliphatic heterocycles. The topological polar surface area (TPSA) is 80.2 Å². The number of unbranched alkanes of at least 4 members (excludes halogenated alkanes) is 4. The molecule has 0 saturated carbocycles. The molecular weight excluding hydrogens is 406 g/mol. The molecule has 1 atom stereocenters. The van der Waals surface area contributed by atoms with Gasteiger partial charge in [-0.1, -0.05) is 49.6 Å². The third-order valence-corrected chi connectivity index (χ3v) is 5.66. The SMILES string of the molecule is CC(=O)OCCCCCCCOc1ccc2c(c1)CN1C(=N2)NC(=O)C1c1ccccc1. The summed E-state index contributed by atoms with van der Waals surface area (Å²) in [4.78, 5) is 30.0. The third kappa shape index (κ3) is 5.28. The van der Waals surface area contributed by atoms with Gasteiger partial charge in [0.05, 0.1) is 18.9 Å². The van der Waals surface area contributed by atoms with E-state index in [1.54, 1.807) is 0 Å². The molecule has 2 aliphatic rings. The number of carbonyl (C=O) groups excluding carboxylic acids is 2. The molecule has 1 unspecified atom stereocenters. The van der Waals surface area contributed by atoms with Gasteiger partial charge in [0.15, 0.2) is 0 Å². The van der Waals surface area contributed by atoms with Crippen LogP contribution in [0.15, 0.2) is 53.5 Å². The number of esters is 1. The average Bonchev–Trinajstić information content (AvgIpc) is 3.11. The van der Waals surface area contributed by atoms with Gasteiger partial charge in [0.1, 0.15) is 11.8 Å². The monoisotopic (exact) mass is 435 g/mol. The Balaban J connectivity index is 1.28. The number of nitrogens with one attached hydrogen (secondary N) is 1. The average molecular weight is 436 g/mol. The van der Waals surface area contributed by atoms with Crippen LogP contribution in [0.3, 0.4) is 0 Å². The van der Waals surface area contributed by atoms with Crippen molar-refractivity contribution in [3.05, 3.63) is 59.7 Å². The van der Waals surface area contributed by atoms with E-state index < -0.39 is 0 Å². The van der Waals surface area contributed by atoms with E-state index in [-0.39, 0.29) is 17.9 Å². The molecule has 1 N–H and O–H groups in total. The van der Waals surface area contributed by atoms with Crippen LogP contribution in [0.2, 0.25) is 0 Å². The number of fused-ring (bicyclic) bond motifs is 2. The first-order valence-electron chi connectivity index (χ1n) is 11.2. The third-order valence-electron chi connectivity index (χ3n) is 5.66. The van der Waals surface area contributed by atoms with Crippen LogP contribution >= 0.6 is 0 Å². The number of aliphatic imine (C=N–C) groups is 1. The molecule has 0 aliphatic carbocycles. The smallest absolute Gasteiger partial charge is 0.302 e. The lowest BCUT2D eigenvalue weighted by Gasteiger charge is -2.28. The first kappa shape index (κ1) is 21.9. The van der Waals surface area contributed by atoms with E-state index >= 15 is 0 Å². The van der Waals surface area contributed by atoms with Crippen molar-refractivity contribution in [2.45, 2.75) is 51.6 Å². The predicted octanol–water partition coefficient (Wildman–Crippen LogP) is 4.25. The Kier molecular flexibility index (Phi) is 7.04. The highest BCUT2D eigenvalue weighted by Gasteiger charge is 2.39. The van der Waals surface area contributed by atoms with Gasteiger partial charge in [-0.05, 0) is 36.6 Å². The lowest BCUT2D eigenvalue weighted by atomic mass is 10.0. The molecule has 0 spiro atoms. The summed E-state index contributed by atoms with van der Waals surface area (Å²) in [5.74, 6) is 1.17. The molecule has 0 radical (unpaired) electrons. The van der Waals surface area contributed by atoms with E-state index in [0.717, 1.165) is 54.7 Å². The van der Waals surface area contributed by atoms with Gasteiger partial charge in [-0.15, -0.1) is 0 Å². The molecule has 2 aromatic carbocycles. The van der Waals surface area contributed by atoms with Crippen LogP contribution in [0.25, 0.3) is 0 Å². The summed E-state index contributed by atoms with van der Waals surface area (Å²) in [5.41, 5.74) is 2.87. The summed E-state index contributed by atoms with van der Waals surface area (Å²) >= 11 is 0. The molecule has 0 bridgehead atoms. The summed E-state index contributed by atoms with van der Waals surface area (Å²) in [6.45, 7) is 3.21. The molecule has 7 heteroatoms. The van der Waals surface area contributed by atoms with Gasteiger partial charge in [0.25, 0.3) is 5.91 Å². The second kappa shape index (κ2) is 10.3. The lowest BCUT2D eigenvalue weighted by Crippen LogP contribution is -2.33. The standard InChI is InChI=1S/C25H29N3O4/c1-18(29)31-14-8-3-2-4-9-15-32-21-12-13-22-20(16-21)17-28-23(19-10-6-5-7-11-19)24(30)27-25(28)26-22/h5-7,10-13,16,23H,2-4,8-9,14-15,17H2,1H3,(H,26,27,30). The van der Waals surface area contributed by atoms with Crippen molar-refractivity contribution < 1.29 is 19.1 Å². The van der Waals surface area contributed by atoms with Crippen LogP contribution in [0.5, 0.6) is 5.75 Å². The molecule has 1 amide bonds. The minimum Gasteiger partial charge on any atom is -0.494 e. The highest BCUT2D eigenvalue weighted by atomic mass is 16.5. The van der Waals surface area contributed by atoms with E-state index in [4.69, 9.17) is 9.47 Å². The number of carbonyl (C=O) groups is 2. The van der Waals surface area contributed by atoms with E-state index in [1.807, 2.05) is 53.4 Å². The van der Waals surface area contributed by atoms with Crippen molar-refractivity contribution in [2.24, 2.45) is 4.99 Å². The summed E-state index contributed by atoms with van der Waals surface area (Å²) in [6, 6.07) is 15.3. The number of hydrogen-bond acceptors (Lipinski definition) is 6. The van der Waals surface area contributed by atoms with Crippen LogP contribution in [-0.2, 0) is 20.9 Å². The van der Waals surface area contributed by atoms with Gasteiger partial charge >= 0.3 is 5.97 Å². The van der Waals surface area contributed by atoms with Gasteiger partial charge in [-0.25, -0.2) is 4.99 Å². The van der Waals surface area contributed by atoms with Gasteiger partial charge in [0, 0.05) is 19.0 Å². The van der Waals surface area contributed by atoms with Gasteiger partial charge < -0.3 is 14.4 Å². The second-order valence-corrected chi connectivity index (χ2v) is 8.11. The molecule has 1 fully saturated rings. The quantitative estimate of drug-likeness (QED) is 0.446. The minimum atomic E-state index is -0.367. The zero-order valence-corrected chi connectivity index (χ0v) is 18.4. The Hall–Kier alpha value is -3.35. The van der Waals surface area contributed by atoms with Crippen molar-refractivity contribution in [1.82, 2.24) is 10.2 Å². The molecule has 2 aromatic rings. The molecule has 0 aromatic heterocycles. The maximum atomic E-state index is 12.6. The molecule has 4 rings (SSSR count). The molecule has 2 heterocycles. The maximum Gasteiger partial charge on any atom is 0.302 e. The number of hydrogen-bond donors (Lipinski definition) is 1. The van der Waals surface area contributed by atoms with E-state index in [9.17, 15) is 9.59 Å². The maximum absolute atomic E-state index is 12.6. The normalized spacial score (nSPS) is 16.7. The van der Waals surface area contributed by atoms with E-state index in [1.165, 1.54) is 6.92 Å². The van der Waals surface area contributed by atoms with Crippen LogP contribution in [0.4, 0.5) is 5.69 Å². The fourth-order valence-corrected chi connectivity index (χ4v) is 4.06. The predicted molar refractivity (Wildman–Crippen MR) is 122 cm³/mol. The Morgan fingerprint density at radius 1 is 1.06 bits per heavy atom. The van der Waals surface area contributed by atoms with E-state index in [0.29, 0.717) is 25.7 Å². The van der Waals surface area contributed by atoms with Gasteiger partial charge in [-0.3, -0.25) is 14.9 Å². The molecule has 7 nitrogen and oxygen atoms in total. The zero-order valence-electron chi connectivity index (χ0n) is 18.4. The zero-order chi connectivity index (χ0) is 22.3. The minimum absolute atomic E-state index is 0.0490. The number of rotatable bonds is 10. The molecular formula is C25H29N3O4. The van der Waals surface area contributed by atoms with Crippen molar-refractivity contribution in [2.75, 3.05) is 13.2 Å². The summed E-state index contributed by atoms with van der Waals surface area (Å²) < 4.78 is 10.9. The van der Waals surface area contributed by atoms with Crippen LogP contribution in [0, 0.1) is 0 Å². The number of nitrogens with zero attached hydrogens (tertiary/aromatic N) is 2. The Bertz CT molecular complexity index is 990. The summed E-state index contributed by atoms with van der Waals surface area (Å²) in [6.07, 6.45) is 5.12. The Morgan fingerprint density at radius 2 is 1.81 bits per heavy atom. The summed E-state index contributed by atoms with van der Waals surface area (Å²) in [7, 11) is 0. The molecule has 1 saturated heterocycles. The Morgan fingerprint density at radius 3 is 2.59 bits per heavy atom. The number of amides is 1. The van der Waals surface area contributed by atoms with E-state index in [2.05, 4.69) is 10.3 Å².